The van der Waals surface area contributed by atoms with Crippen LogP contribution in [0, 0.1) is 12.7 Å². The maximum absolute atomic E-state index is 13.1. The Balaban J connectivity index is 1.62. The maximum Gasteiger partial charge on any atom is 0.267 e. The molecule has 134 valence electrons. The third-order valence-electron chi connectivity index (χ3n) is 4.04. The molecule has 4 rings (SSSR count). The second-order valence-corrected chi connectivity index (χ2v) is 6.10. The predicted octanol–water partition coefficient (Wildman–Crippen LogP) is 3.46. The van der Waals surface area contributed by atoms with Crippen LogP contribution in [0.15, 0.2) is 70.0 Å². The topological polar surface area (TPSA) is 73.8 Å². The molecule has 2 heterocycles. The molecule has 0 saturated carbocycles. The van der Waals surface area contributed by atoms with Crippen molar-refractivity contribution < 1.29 is 8.91 Å². The van der Waals surface area contributed by atoms with Gasteiger partial charge in [-0.1, -0.05) is 28.9 Å². The Hall–Kier alpha value is -3.61. The summed E-state index contributed by atoms with van der Waals surface area (Å²) in [6.07, 6.45) is 0. The van der Waals surface area contributed by atoms with E-state index < -0.39 is 0 Å². The van der Waals surface area contributed by atoms with Crippen LogP contribution in [0.5, 0.6) is 0 Å². The summed E-state index contributed by atoms with van der Waals surface area (Å²) >= 11 is 0. The minimum Gasteiger partial charge on any atom is -0.337 e. The molecule has 0 aliphatic rings. The van der Waals surface area contributed by atoms with Gasteiger partial charge in [0, 0.05) is 17.2 Å². The van der Waals surface area contributed by atoms with Gasteiger partial charge in [-0.15, -0.1) is 0 Å². The van der Waals surface area contributed by atoms with Crippen molar-refractivity contribution in [3.63, 3.8) is 0 Å². The summed E-state index contributed by atoms with van der Waals surface area (Å²) in [4.78, 5) is 16.5. The van der Waals surface area contributed by atoms with Crippen LogP contribution < -0.4 is 5.56 Å². The molecule has 0 atom stereocenters. The van der Waals surface area contributed by atoms with Crippen molar-refractivity contribution in [3.05, 3.63) is 88.3 Å². The van der Waals surface area contributed by atoms with Crippen molar-refractivity contribution in [1.82, 2.24) is 19.9 Å². The molecule has 0 saturated heterocycles. The fraction of sp³-hybridized carbons (Fsp3) is 0.100. The van der Waals surface area contributed by atoms with Crippen LogP contribution in [0.25, 0.3) is 22.6 Å². The lowest BCUT2D eigenvalue weighted by Gasteiger charge is -2.05. The van der Waals surface area contributed by atoms with Gasteiger partial charge in [0.05, 0.1) is 5.69 Å². The molecule has 7 heteroatoms. The van der Waals surface area contributed by atoms with E-state index in [0.717, 1.165) is 11.1 Å². The zero-order valence-electron chi connectivity index (χ0n) is 14.5. The highest BCUT2D eigenvalue weighted by molar-refractivity contribution is 5.58. The molecule has 6 nitrogen and oxygen atoms in total. The van der Waals surface area contributed by atoms with E-state index >= 15 is 0 Å². The number of halogens is 1. The van der Waals surface area contributed by atoms with Crippen molar-refractivity contribution in [1.29, 1.82) is 0 Å². The van der Waals surface area contributed by atoms with Crippen molar-refractivity contribution in [2.24, 2.45) is 0 Å². The molecule has 0 unspecified atom stereocenters. The van der Waals surface area contributed by atoms with Crippen LogP contribution in [-0.2, 0) is 6.54 Å². The number of hydrogen-bond acceptors (Lipinski definition) is 5. The molecule has 0 amide bonds. The van der Waals surface area contributed by atoms with Crippen LogP contribution in [0.1, 0.15) is 11.5 Å². The van der Waals surface area contributed by atoms with E-state index in [4.69, 9.17) is 4.52 Å². The Morgan fingerprint density at radius 1 is 1.04 bits per heavy atom. The van der Waals surface area contributed by atoms with Gasteiger partial charge >= 0.3 is 0 Å². The highest BCUT2D eigenvalue weighted by Crippen LogP contribution is 2.18. The van der Waals surface area contributed by atoms with E-state index in [2.05, 4.69) is 15.2 Å². The lowest BCUT2D eigenvalue weighted by molar-refractivity contribution is 0.363. The summed E-state index contributed by atoms with van der Waals surface area (Å²) in [6, 6.07) is 16.6. The van der Waals surface area contributed by atoms with Gasteiger partial charge in [0.25, 0.3) is 5.56 Å². The summed E-state index contributed by atoms with van der Waals surface area (Å²) < 4.78 is 19.6. The van der Waals surface area contributed by atoms with E-state index in [0.29, 0.717) is 17.1 Å². The molecule has 0 aliphatic heterocycles. The Kier molecular flexibility index (Phi) is 4.33. The van der Waals surface area contributed by atoms with Crippen molar-refractivity contribution in [2.75, 3.05) is 0 Å². The minimum absolute atomic E-state index is 0.0483. The van der Waals surface area contributed by atoms with Crippen LogP contribution in [0.2, 0.25) is 0 Å². The summed E-state index contributed by atoms with van der Waals surface area (Å²) in [5.41, 5.74) is 2.88. The minimum atomic E-state index is -0.332. The number of hydrogen-bond donors (Lipinski definition) is 0. The SMILES string of the molecule is Cc1cccc(-c2noc(Cn3nc(-c4ccc(F)cc4)ccc3=O)n2)c1. The Morgan fingerprint density at radius 2 is 1.85 bits per heavy atom. The van der Waals surface area contributed by atoms with Crippen molar-refractivity contribution >= 4 is 0 Å². The van der Waals surface area contributed by atoms with Crippen LogP contribution >= 0.6 is 0 Å². The lowest BCUT2D eigenvalue weighted by Crippen LogP contribution is -2.23. The van der Waals surface area contributed by atoms with E-state index in [1.165, 1.54) is 22.9 Å². The maximum atomic E-state index is 13.1. The average molecular weight is 362 g/mol. The van der Waals surface area contributed by atoms with Crippen molar-refractivity contribution in [2.45, 2.75) is 13.5 Å². The quantitative estimate of drug-likeness (QED) is 0.556. The standard InChI is InChI=1S/C20H15FN4O2/c1-13-3-2-4-15(11-13)20-22-18(27-24-20)12-25-19(26)10-9-17(23-25)14-5-7-16(21)8-6-14/h2-11H,12H2,1H3. The summed E-state index contributed by atoms with van der Waals surface area (Å²) in [5.74, 6) is 0.399. The fourth-order valence-corrected chi connectivity index (χ4v) is 2.69. The van der Waals surface area contributed by atoms with Gasteiger partial charge in [-0.3, -0.25) is 4.79 Å². The van der Waals surface area contributed by atoms with Crippen molar-refractivity contribution in [3.8, 4) is 22.6 Å². The fourth-order valence-electron chi connectivity index (χ4n) is 2.69. The Morgan fingerprint density at radius 3 is 2.63 bits per heavy atom. The molecule has 0 fully saturated rings. The highest BCUT2D eigenvalue weighted by atomic mass is 19.1. The molecule has 27 heavy (non-hydrogen) atoms. The van der Waals surface area contributed by atoms with Gasteiger partial charge in [-0.05, 0) is 43.3 Å². The Bertz CT molecular complexity index is 1150. The summed E-state index contributed by atoms with van der Waals surface area (Å²) in [6.45, 7) is 2.03. The molecule has 4 aromatic rings. The van der Waals surface area contributed by atoms with Crippen LogP contribution in [-0.4, -0.2) is 19.9 Å². The molecule has 2 aromatic heterocycles. The molecule has 0 spiro atoms. The zero-order chi connectivity index (χ0) is 18.8. The second-order valence-electron chi connectivity index (χ2n) is 6.10. The second kappa shape index (κ2) is 6.95. The van der Waals surface area contributed by atoms with Gasteiger partial charge in [0.2, 0.25) is 11.7 Å². The first-order chi connectivity index (χ1) is 13.1. The number of aryl methyl sites for hydroxylation is 1. The molecular formula is C20H15FN4O2. The van der Waals surface area contributed by atoms with Crippen LogP contribution in [0.3, 0.4) is 0 Å². The average Bonchev–Trinajstić information content (AvgIpc) is 3.13. The number of nitrogens with zero attached hydrogens (tertiary/aromatic N) is 4. The van der Waals surface area contributed by atoms with E-state index in [1.807, 2.05) is 31.2 Å². The molecule has 0 N–H and O–H groups in total. The summed E-state index contributed by atoms with van der Waals surface area (Å²) in [5, 5.41) is 8.29. The third kappa shape index (κ3) is 3.67. The zero-order valence-corrected chi connectivity index (χ0v) is 14.5. The van der Waals surface area contributed by atoms with Gasteiger partial charge in [-0.2, -0.15) is 10.1 Å². The predicted molar refractivity (Wildman–Crippen MR) is 97.5 cm³/mol. The first kappa shape index (κ1) is 16.8. The smallest absolute Gasteiger partial charge is 0.267 e. The molecule has 0 radical (unpaired) electrons. The number of benzene rings is 2. The summed E-state index contributed by atoms with van der Waals surface area (Å²) in [7, 11) is 0. The number of rotatable bonds is 4. The first-order valence-corrected chi connectivity index (χ1v) is 8.32. The number of aromatic nitrogens is 4. The molecule has 2 aromatic carbocycles. The molecule has 0 aliphatic carbocycles. The van der Waals surface area contributed by atoms with E-state index in [-0.39, 0.29) is 23.8 Å². The molecular weight excluding hydrogens is 347 g/mol. The normalized spacial score (nSPS) is 10.9. The monoisotopic (exact) mass is 362 g/mol. The van der Waals surface area contributed by atoms with Crippen LogP contribution in [0.4, 0.5) is 4.39 Å². The third-order valence-corrected chi connectivity index (χ3v) is 4.04. The van der Waals surface area contributed by atoms with Gasteiger partial charge in [0.1, 0.15) is 12.4 Å². The largest absolute Gasteiger partial charge is 0.337 e. The van der Waals surface area contributed by atoms with E-state index in [9.17, 15) is 9.18 Å². The molecule has 0 bridgehead atoms. The van der Waals surface area contributed by atoms with E-state index in [1.54, 1.807) is 18.2 Å². The van der Waals surface area contributed by atoms with Gasteiger partial charge in [0.15, 0.2) is 0 Å². The highest BCUT2D eigenvalue weighted by Gasteiger charge is 2.11. The van der Waals surface area contributed by atoms with Gasteiger partial charge in [-0.25, -0.2) is 9.07 Å². The Labute approximate surface area is 153 Å². The lowest BCUT2D eigenvalue weighted by atomic mass is 10.1. The van der Waals surface area contributed by atoms with Gasteiger partial charge < -0.3 is 4.52 Å². The first-order valence-electron chi connectivity index (χ1n) is 8.32.